The maximum Gasteiger partial charge on any atom is 0.203 e. The predicted octanol–water partition coefficient (Wildman–Crippen LogP) is 1.97. The van der Waals surface area contributed by atoms with Crippen molar-refractivity contribution in [3.63, 3.8) is 0 Å². The van der Waals surface area contributed by atoms with Gasteiger partial charge in [0, 0.05) is 25.5 Å². The van der Waals surface area contributed by atoms with Gasteiger partial charge in [0.25, 0.3) is 0 Å². The first-order valence-corrected chi connectivity index (χ1v) is 6.26. The molecule has 16 heavy (non-hydrogen) atoms. The third kappa shape index (κ3) is 2.55. The second kappa shape index (κ2) is 5.34. The lowest BCUT2D eigenvalue weighted by Crippen LogP contribution is -2.18. The van der Waals surface area contributed by atoms with Crippen LogP contribution in [0.1, 0.15) is 32.2 Å². The molecule has 90 valence electrons. The van der Waals surface area contributed by atoms with Crippen molar-refractivity contribution in [2.24, 2.45) is 0 Å². The minimum atomic E-state index is 0.594. The number of hydrogen-bond acceptors (Lipinski definition) is 3. The van der Waals surface area contributed by atoms with Crippen molar-refractivity contribution in [3.05, 3.63) is 12.4 Å². The first kappa shape index (κ1) is 11.5. The molecule has 2 heterocycles. The topological polar surface area (TPSA) is 33.1 Å². The Morgan fingerprint density at radius 2 is 2.44 bits per heavy atom. The highest BCUT2D eigenvalue weighted by molar-refractivity contribution is 5.26. The van der Waals surface area contributed by atoms with Crippen molar-refractivity contribution in [3.8, 4) is 0 Å². The van der Waals surface area contributed by atoms with Crippen LogP contribution in [0.2, 0.25) is 0 Å². The number of likely N-dealkylation sites (tertiary alicyclic amines) is 1. The summed E-state index contributed by atoms with van der Waals surface area (Å²) in [6, 6.07) is 0.594. The lowest BCUT2D eigenvalue weighted by molar-refractivity contribution is 0.393. The van der Waals surface area contributed by atoms with Gasteiger partial charge in [0.1, 0.15) is 0 Å². The molecule has 1 aromatic rings. The Balaban J connectivity index is 1.96. The minimum absolute atomic E-state index is 0.594. The summed E-state index contributed by atoms with van der Waals surface area (Å²) in [4.78, 5) is 6.77. The molecule has 0 amide bonds. The van der Waals surface area contributed by atoms with E-state index in [0.717, 1.165) is 19.0 Å². The SMILES string of the molecule is CCCCNc1nccn1C1CCN(C)C1. The van der Waals surface area contributed by atoms with Crippen molar-refractivity contribution in [1.29, 1.82) is 0 Å². The summed E-state index contributed by atoms with van der Waals surface area (Å²) >= 11 is 0. The minimum Gasteiger partial charge on any atom is -0.356 e. The standard InChI is InChI=1S/C12H22N4/c1-3-4-6-13-12-14-7-9-16(12)11-5-8-15(2)10-11/h7,9,11H,3-6,8,10H2,1-2H3,(H,13,14). The Hall–Kier alpha value is -1.03. The summed E-state index contributed by atoms with van der Waals surface area (Å²) in [6.45, 7) is 5.56. The number of nitrogens with zero attached hydrogens (tertiary/aromatic N) is 3. The van der Waals surface area contributed by atoms with Crippen LogP contribution in [-0.4, -0.2) is 41.1 Å². The van der Waals surface area contributed by atoms with Crippen LogP contribution in [0.25, 0.3) is 0 Å². The highest BCUT2D eigenvalue weighted by Crippen LogP contribution is 2.23. The van der Waals surface area contributed by atoms with Gasteiger partial charge < -0.3 is 14.8 Å². The van der Waals surface area contributed by atoms with Crippen LogP contribution in [0.3, 0.4) is 0 Å². The third-order valence-electron chi connectivity index (χ3n) is 3.24. The summed E-state index contributed by atoms with van der Waals surface area (Å²) in [5, 5.41) is 3.42. The molecule has 1 aliphatic heterocycles. The lowest BCUT2D eigenvalue weighted by atomic mass is 10.2. The molecule has 0 radical (unpaired) electrons. The molecule has 0 spiro atoms. The number of likely N-dealkylation sites (N-methyl/N-ethyl adjacent to an activating group) is 1. The van der Waals surface area contributed by atoms with E-state index in [-0.39, 0.29) is 0 Å². The van der Waals surface area contributed by atoms with Gasteiger partial charge in [-0.15, -0.1) is 0 Å². The number of rotatable bonds is 5. The second-order valence-corrected chi connectivity index (χ2v) is 4.64. The molecule has 4 nitrogen and oxygen atoms in total. The van der Waals surface area contributed by atoms with E-state index in [2.05, 4.69) is 39.9 Å². The number of hydrogen-bond donors (Lipinski definition) is 1. The predicted molar refractivity (Wildman–Crippen MR) is 66.8 cm³/mol. The van der Waals surface area contributed by atoms with Crippen LogP contribution < -0.4 is 5.32 Å². The summed E-state index contributed by atoms with van der Waals surface area (Å²) in [5.41, 5.74) is 0. The van der Waals surface area contributed by atoms with Gasteiger partial charge in [-0.05, 0) is 26.4 Å². The van der Waals surface area contributed by atoms with Gasteiger partial charge in [-0.2, -0.15) is 0 Å². The number of unbranched alkanes of at least 4 members (excludes halogenated alkanes) is 1. The van der Waals surface area contributed by atoms with Crippen LogP contribution in [0, 0.1) is 0 Å². The van der Waals surface area contributed by atoms with E-state index < -0.39 is 0 Å². The maximum atomic E-state index is 4.39. The zero-order valence-electron chi connectivity index (χ0n) is 10.3. The normalized spacial score (nSPS) is 21.5. The highest BCUT2D eigenvalue weighted by Gasteiger charge is 2.22. The molecule has 0 saturated carbocycles. The van der Waals surface area contributed by atoms with Crippen LogP contribution in [0.4, 0.5) is 5.95 Å². The van der Waals surface area contributed by atoms with E-state index in [4.69, 9.17) is 0 Å². The number of imidazole rings is 1. The number of nitrogens with one attached hydrogen (secondary N) is 1. The summed E-state index contributed by atoms with van der Waals surface area (Å²) in [5.74, 6) is 1.04. The Morgan fingerprint density at radius 3 is 3.12 bits per heavy atom. The quantitative estimate of drug-likeness (QED) is 0.773. The van der Waals surface area contributed by atoms with Crippen LogP contribution in [0.15, 0.2) is 12.4 Å². The maximum absolute atomic E-state index is 4.39. The lowest BCUT2D eigenvalue weighted by Gasteiger charge is -2.16. The molecule has 1 saturated heterocycles. The highest BCUT2D eigenvalue weighted by atomic mass is 15.3. The average molecular weight is 222 g/mol. The molecule has 0 aromatic carbocycles. The number of anilines is 1. The summed E-state index contributed by atoms with van der Waals surface area (Å²) in [7, 11) is 2.18. The monoisotopic (exact) mass is 222 g/mol. The molecule has 4 heteroatoms. The molecule has 0 aliphatic carbocycles. The zero-order valence-corrected chi connectivity index (χ0v) is 10.3. The smallest absolute Gasteiger partial charge is 0.203 e. The molecule has 1 aliphatic rings. The molecule has 2 rings (SSSR count). The first-order valence-electron chi connectivity index (χ1n) is 6.26. The average Bonchev–Trinajstić information content (AvgIpc) is 2.87. The van der Waals surface area contributed by atoms with Crippen molar-refractivity contribution in [2.75, 3.05) is 32.0 Å². The fourth-order valence-electron chi connectivity index (χ4n) is 2.26. The molecule has 1 aromatic heterocycles. The van der Waals surface area contributed by atoms with Gasteiger partial charge in [-0.1, -0.05) is 13.3 Å². The van der Waals surface area contributed by atoms with E-state index in [9.17, 15) is 0 Å². The Bertz CT molecular complexity index is 321. The van der Waals surface area contributed by atoms with Crippen LogP contribution >= 0.6 is 0 Å². The molecule has 1 N–H and O–H groups in total. The molecule has 1 fully saturated rings. The van der Waals surface area contributed by atoms with E-state index in [1.807, 2.05) is 6.20 Å². The van der Waals surface area contributed by atoms with Crippen molar-refractivity contribution in [2.45, 2.75) is 32.2 Å². The molecular formula is C12H22N4. The van der Waals surface area contributed by atoms with Crippen molar-refractivity contribution < 1.29 is 0 Å². The van der Waals surface area contributed by atoms with Gasteiger partial charge in [-0.3, -0.25) is 0 Å². The van der Waals surface area contributed by atoms with E-state index in [1.54, 1.807) is 0 Å². The third-order valence-corrected chi connectivity index (χ3v) is 3.24. The molecular weight excluding hydrogens is 200 g/mol. The van der Waals surface area contributed by atoms with E-state index >= 15 is 0 Å². The van der Waals surface area contributed by atoms with Crippen molar-refractivity contribution in [1.82, 2.24) is 14.5 Å². The van der Waals surface area contributed by atoms with Gasteiger partial charge in [0.15, 0.2) is 0 Å². The molecule has 1 unspecified atom stereocenters. The largest absolute Gasteiger partial charge is 0.356 e. The zero-order chi connectivity index (χ0) is 11.4. The second-order valence-electron chi connectivity index (χ2n) is 4.64. The Kier molecular flexibility index (Phi) is 3.83. The number of aromatic nitrogens is 2. The fraction of sp³-hybridized carbons (Fsp3) is 0.750. The molecule has 0 bridgehead atoms. The van der Waals surface area contributed by atoms with Gasteiger partial charge >= 0.3 is 0 Å². The summed E-state index contributed by atoms with van der Waals surface area (Å²) < 4.78 is 2.29. The Labute approximate surface area is 97.7 Å². The van der Waals surface area contributed by atoms with Gasteiger partial charge in [-0.25, -0.2) is 4.98 Å². The van der Waals surface area contributed by atoms with Gasteiger partial charge in [0.05, 0.1) is 6.04 Å². The summed E-state index contributed by atoms with van der Waals surface area (Å²) in [6.07, 6.45) is 7.65. The van der Waals surface area contributed by atoms with Gasteiger partial charge in [0.2, 0.25) is 5.95 Å². The van der Waals surface area contributed by atoms with Crippen molar-refractivity contribution >= 4 is 5.95 Å². The van der Waals surface area contributed by atoms with E-state index in [1.165, 1.54) is 25.8 Å². The Morgan fingerprint density at radius 1 is 1.56 bits per heavy atom. The van der Waals surface area contributed by atoms with Crippen LogP contribution in [-0.2, 0) is 0 Å². The van der Waals surface area contributed by atoms with Crippen LogP contribution in [0.5, 0.6) is 0 Å². The first-order chi connectivity index (χ1) is 7.81. The van der Waals surface area contributed by atoms with E-state index in [0.29, 0.717) is 6.04 Å². The fourth-order valence-corrected chi connectivity index (χ4v) is 2.26. The molecule has 1 atom stereocenters.